The average molecular weight is 423 g/mol. The van der Waals surface area contributed by atoms with E-state index < -0.39 is 0 Å². The molecule has 1 amide bonds. The van der Waals surface area contributed by atoms with Crippen molar-refractivity contribution < 1.29 is 9.21 Å². The lowest BCUT2D eigenvalue weighted by atomic mass is 10.0. The van der Waals surface area contributed by atoms with Gasteiger partial charge in [-0.15, -0.1) is 0 Å². The van der Waals surface area contributed by atoms with Crippen LogP contribution in [0.1, 0.15) is 51.7 Å². The maximum atomic E-state index is 13.1. The molecule has 0 bridgehead atoms. The Hall–Kier alpha value is -3.12. The van der Waals surface area contributed by atoms with E-state index in [1.807, 2.05) is 45.0 Å². The monoisotopic (exact) mass is 422 g/mol. The van der Waals surface area contributed by atoms with E-state index in [4.69, 9.17) is 16.0 Å². The third kappa shape index (κ3) is 3.83. The minimum absolute atomic E-state index is 0.0772. The Morgan fingerprint density at radius 2 is 1.93 bits per heavy atom. The van der Waals surface area contributed by atoms with Gasteiger partial charge in [-0.1, -0.05) is 23.7 Å². The molecule has 2 heterocycles. The smallest absolute Gasteiger partial charge is 0.254 e. The molecular weight excluding hydrogens is 400 g/mol. The molecule has 0 aliphatic rings. The van der Waals surface area contributed by atoms with Gasteiger partial charge in [0.2, 0.25) is 0 Å². The molecule has 0 spiro atoms. The summed E-state index contributed by atoms with van der Waals surface area (Å²) in [5.41, 5.74) is 5.87. The standard InChI is InChI=1S/C23H23ClN4O2/c1-13-22(14(2)27-26-13)15(3)28(4)23(29)17-7-10-20-19(12-17)25-21(30-20)11-16-5-8-18(24)9-6-16/h5-10,12,15H,11H2,1-4H3,(H,26,27)/t15-/m1/s1. The van der Waals surface area contributed by atoms with Gasteiger partial charge in [-0.25, -0.2) is 4.98 Å². The largest absolute Gasteiger partial charge is 0.440 e. The van der Waals surface area contributed by atoms with Crippen molar-refractivity contribution in [2.45, 2.75) is 33.2 Å². The highest BCUT2D eigenvalue weighted by molar-refractivity contribution is 6.30. The SMILES string of the molecule is Cc1n[nH]c(C)c1[C@@H](C)N(C)C(=O)c1ccc2oc(Cc3ccc(Cl)cc3)nc2c1. The number of carbonyl (C=O) groups excluding carboxylic acids is 1. The second-order valence-electron chi connectivity index (χ2n) is 7.53. The minimum atomic E-state index is -0.107. The fourth-order valence-electron chi connectivity index (χ4n) is 3.71. The summed E-state index contributed by atoms with van der Waals surface area (Å²) < 4.78 is 5.85. The highest BCUT2D eigenvalue weighted by Crippen LogP contribution is 2.26. The van der Waals surface area contributed by atoms with E-state index in [0.29, 0.717) is 34.0 Å². The van der Waals surface area contributed by atoms with Gasteiger partial charge >= 0.3 is 0 Å². The van der Waals surface area contributed by atoms with Gasteiger partial charge in [-0.2, -0.15) is 5.10 Å². The van der Waals surface area contributed by atoms with E-state index >= 15 is 0 Å². The van der Waals surface area contributed by atoms with Gasteiger partial charge in [0.25, 0.3) is 5.91 Å². The Labute approximate surface area is 179 Å². The molecule has 0 aliphatic carbocycles. The zero-order valence-electron chi connectivity index (χ0n) is 17.4. The lowest BCUT2D eigenvalue weighted by Gasteiger charge is -2.25. The van der Waals surface area contributed by atoms with Gasteiger partial charge < -0.3 is 9.32 Å². The van der Waals surface area contributed by atoms with Crippen LogP contribution in [-0.2, 0) is 6.42 Å². The van der Waals surface area contributed by atoms with E-state index in [1.54, 1.807) is 30.1 Å². The number of H-pyrrole nitrogens is 1. The summed E-state index contributed by atoms with van der Waals surface area (Å²) in [5.74, 6) is 0.523. The Morgan fingerprint density at radius 3 is 2.60 bits per heavy atom. The first-order valence-electron chi connectivity index (χ1n) is 9.76. The Balaban J connectivity index is 1.56. The van der Waals surface area contributed by atoms with Crippen molar-refractivity contribution in [3.05, 3.63) is 81.5 Å². The topological polar surface area (TPSA) is 75.0 Å². The van der Waals surface area contributed by atoms with Gasteiger partial charge in [-0.05, 0) is 56.7 Å². The molecule has 6 nitrogen and oxygen atoms in total. The summed E-state index contributed by atoms with van der Waals surface area (Å²) in [7, 11) is 1.80. The highest BCUT2D eigenvalue weighted by Gasteiger charge is 2.23. The van der Waals surface area contributed by atoms with Gasteiger partial charge in [-0.3, -0.25) is 9.89 Å². The van der Waals surface area contributed by atoms with Crippen molar-refractivity contribution in [1.82, 2.24) is 20.1 Å². The molecule has 1 N–H and O–H groups in total. The van der Waals surface area contributed by atoms with Crippen LogP contribution in [0, 0.1) is 13.8 Å². The van der Waals surface area contributed by atoms with E-state index in [2.05, 4.69) is 15.2 Å². The highest BCUT2D eigenvalue weighted by atomic mass is 35.5. The second-order valence-corrected chi connectivity index (χ2v) is 7.97. The third-order valence-electron chi connectivity index (χ3n) is 5.45. The van der Waals surface area contributed by atoms with Crippen LogP contribution < -0.4 is 0 Å². The number of oxazole rings is 1. The number of aryl methyl sites for hydroxylation is 2. The number of hydrogen-bond acceptors (Lipinski definition) is 4. The van der Waals surface area contributed by atoms with Crippen LogP contribution in [0.5, 0.6) is 0 Å². The number of amides is 1. The molecule has 0 radical (unpaired) electrons. The number of rotatable bonds is 5. The van der Waals surface area contributed by atoms with Gasteiger partial charge in [0.1, 0.15) is 5.52 Å². The molecule has 0 saturated carbocycles. The summed E-state index contributed by atoms with van der Waals surface area (Å²) in [4.78, 5) is 19.4. The molecule has 154 valence electrons. The number of nitrogens with zero attached hydrogens (tertiary/aromatic N) is 3. The minimum Gasteiger partial charge on any atom is -0.440 e. The van der Waals surface area contributed by atoms with Gasteiger partial charge in [0.05, 0.1) is 11.7 Å². The normalized spacial score (nSPS) is 12.3. The van der Waals surface area contributed by atoms with E-state index in [-0.39, 0.29) is 11.9 Å². The van der Waals surface area contributed by atoms with Crippen LogP contribution in [0.2, 0.25) is 5.02 Å². The molecule has 0 fully saturated rings. The second kappa shape index (κ2) is 7.95. The summed E-state index contributed by atoms with van der Waals surface area (Å²) in [6.07, 6.45) is 0.561. The average Bonchev–Trinajstić information content (AvgIpc) is 3.29. The lowest BCUT2D eigenvalue weighted by Crippen LogP contribution is -2.30. The number of fused-ring (bicyclic) bond motifs is 1. The van der Waals surface area contributed by atoms with Crippen LogP contribution in [0.4, 0.5) is 0 Å². The molecule has 0 aliphatic heterocycles. The predicted octanol–water partition coefficient (Wildman–Crippen LogP) is 5.25. The van der Waals surface area contributed by atoms with E-state index in [1.165, 1.54) is 0 Å². The number of aromatic amines is 1. The molecule has 30 heavy (non-hydrogen) atoms. The first kappa shape index (κ1) is 20.2. The maximum Gasteiger partial charge on any atom is 0.254 e. The van der Waals surface area contributed by atoms with Crippen LogP contribution in [0.25, 0.3) is 11.1 Å². The molecule has 1 atom stereocenters. The van der Waals surface area contributed by atoms with Crippen LogP contribution in [0.15, 0.2) is 46.9 Å². The van der Waals surface area contributed by atoms with Crippen LogP contribution in [0.3, 0.4) is 0 Å². The zero-order valence-corrected chi connectivity index (χ0v) is 18.1. The molecule has 2 aromatic carbocycles. The van der Waals surface area contributed by atoms with Crippen molar-refractivity contribution in [1.29, 1.82) is 0 Å². The van der Waals surface area contributed by atoms with Gasteiger partial charge in [0.15, 0.2) is 11.5 Å². The molecular formula is C23H23ClN4O2. The summed E-state index contributed by atoms with van der Waals surface area (Å²) in [6.45, 7) is 5.91. The molecule has 7 heteroatoms. The first-order chi connectivity index (χ1) is 14.3. The number of halogens is 1. The van der Waals surface area contributed by atoms with Crippen LogP contribution in [-0.4, -0.2) is 33.0 Å². The van der Waals surface area contributed by atoms with Crippen molar-refractivity contribution >= 4 is 28.6 Å². The third-order valence-corrected chi connectivity index (χ3v) is 5.70. The Morgan fingerprint density at radius 1 is 1.20 bits per heavy atom. The molecule has 4 rings (SSSR count). The first-order valence-corrected chi connectivity index (χ1v) is 10.1. The lowest BCUT2D eigenvalue weighted by molar-refractivity contribution is 0.0742. The molecule has 0 saturated heterocycles. The van der Waals surface area contributed by atoms with Crippen molar-refractivity contribution in [2.75, 3.05) is 7.05 Å². The number of benzene rings is 2. The Bertz CT molecular complexity index is 1190. The molecule has 4 aromatic rings. The van der Waals surface area contributed by atoms with E-state index in [9.17, 15) is 4.79 Å². The summed E-state index contributed by atoms with van der Waals surface area (Å²) in [5, 5.41) is 7.92. The number of aromatic nitrogens is 3. The quantitative estimate of drug-likeness (QED) is 0.477. The molecule has 2 aromatic heterocycles. The van der Waals surface area contributed by atoms with Crippen LogP contribution >= 0.6 is 11.6 Å². The predicted molar refractivity (Wildman–Crippen MR) is 117 cm³/mol. The number of carbonyl (C=O) groups is 1. The fraction of sp³-hybridized carbons (Fsp3) is 0.261. The maximum absolute atomic E-state index is 13.1. The Kier molecular flexibility index (Phi) is 5.35. The fourth-order valence-corrected chi connectivity index (χ4v) is 3.83. The van der Waals surface area contributed by atoms with Crippen molar-refractivity contribution in [3.8, 4) is 0 Å². The molecule has 0 unspecified atom stereocenters. The van der Waals surface area contributed by atoms with Crippen molar-refractivity contribution in [3.63, 3.8) is 0 Å². The van der Waals surface area contributed by atoms with Gasteiger partial charge in [0, 0.05) is 35.3 Å². The summed E-state index contributed by atoms with van der Waals surface area (Å²) in [6, 6.07) is 12.8. The number of hydrogen-bond donors (Lipinski definition) is 1. The number of nitrogens with one attached hydrogen (secondary N) is 1. The summed E-state index contributed by atoms with van der Waals surface area (Å²) >= 11 is 5.94. The van der Waals surface area contributed by atoms with Crippen molar-refractivity contribution in [2.24, 2.45) is 0 Å². The zero-order chi connectivity index (χ0) is 21.4. The van der Waals surface area contributed by atoms with E-state index in [0.717, 1.165) is 22.5 Å².